The Bertz CT molecular complexity index is 1460. The van der Waals surface area contributed by atoms with Crippen molar-refractivity contribution in [2.45, 2.75) is 42.7 Å². The predicted molar refractivity (Wildman–Crippen MR) is 150 cm³/mol. The highest BCUT2D eigenvalue weighted by Crippen LogP contribution is 2.49. The highest BCUT2D eigenvalue weighted by atomic mass is 35.5. The van der Waals surface area contributed by atoms with Gasteiger partial charge in [-0.05, 0) is 102 Å². The fourth-order valence-corrected chi connectivity index (χ4v) is 6.18. The van der Waals surface area contributed by atoms with Crippen LogP contribution in [-0.4, -0.2) is 15.5 Å². The number of fused-ring (bicyclic) bond motifs is 1. The number of imidazole rings is 1. The Hall–Kier alpha value is -3.13. The van der Waals surface area contributed by atoms with Gasteiger partial charge in [0.15, 0.2) is 0 Å². The molecule has 1 N–H and O–H groups in total. The number of nitrogens with one attached hydrogen (secondary N) is 1. The Morgan fingerprint density at radius 1 is 1.16 bits per heavy atom. The van der Waals surface area contributed by atoms with Crippen molar-refractivity contribution in [2.75, 3.05) is 4.90 Å². The van der Waals surface area contributed by atoms with Crippen molar-refractivity contribution in [3.05, 3.63) is 112 Å². The number of rotatable bonds is 8. The molecule has 2 aliphatic carbocycles. The molecule has 0 radical (unpaired) electrons. The fourth-order valence-electron chi connectivity index (χ4n) is 5.26. The summed E-state index contributed by atoms with van der Waals surface area (Å²) in [6.07, 6.45) is 6.45. The Morgan fingerprint density at radius 2 is 1.95 bits per heavy atom. The number of anilines is 1. The zero-order valence-electron chi connectivity index (χ0n) is 21.0. The zero-order chi connectivity index (χ0) is 26.2. The number of carbonyl (C=O) groups excluding carboxylic acids is 1. The third-order valence-corrected chi connectivity index (χ3v) is 8.71. The fraction of sp³-hybridized carbons (Fsp3) is 0.267. The van der Waals surface area contributed by atoms with Gasteiger partial charge in [0.1, 0.15) is 11.6 Å². The van der Waals surface area contributed by atoms with Crippen LogP contribution in [0, 0.1) is 11.7 Å². The average Bonchev–Trinajstić information content (AvgIpc) is 3.47. The van der Waals surface area contributed by atoms with Crippen LogP contribution < -0.4 is 9.62 Å². The molecule has 0 spiro atoms. The normalized spacial score (nSPS) is 19.8. The van der Waals surface area contributed by atoms with Crippen LogP contribution in [0.1, 0.15) is 47.3 Å². The summed E-state index contributed by atoms with van der Waals surface area (Å²) in [7, 11) is 1.95. The first-order valence-electron chi connectivity index (χ1n) is 12.8. The zero-order valence-corrected chi connectivity index (χ0v) is 22.6. The van der Waals surface area contributed by atoms with Gasteiger partial charge >= 0.3 is 0 Å². The van der Waals surface area contributed by atoms with Crippen molar-refractivity contribution in [1.82, 2.24) is 14.3 Å². The van der Waals surface area contributed by atoms with Crippen molar-refractivity contribution in [3.63, 3.8) is 0 Å². The number of carbonyl (C=O) groups is 1. The van der Waals surface area contributed by atoms with Crippen molar-refractivity contribution >= 4 is 35.1 Å². The lowest BCUT2D eigenvalue weighted by atomic mass is 10.1. The van der Waals surface area contributed by atoms with Gasteiger partial charge in [-0.2, -0.15) is 0 Å². The molecule has 6 rings (SSSR count). The van der Waals surface area contributed by atoms with Gasteiger partial charge in [-0.3, -0.25) is 9.52 Å². The van der Waals surface area contributed by atoms with E-state index < -0.39 is 0 Å². The van der Waals surface area contributed by atoms with E-state index in [0.29, 0.717) is 11.6 Å². The van der Waals surface area contributed by atoms with E-state index in [-0.39, 0.29) is 29.6 Å². The van der Waals surface area contributed by atoms with Crippen LogP contribution in [-0.2, 0) is 24.8 Å². The van der Waals surface area contributed by atoms with Gasteiger partial charge in [0.25, 0.3) is 0 Å². The van der Waals surface area contributed by atoms with E-state index in [1.54, 1.807) is 18.3 Å². The standard InChI is InChI=1S/C30H28ClFN4OS/c1-35-15-14-33-29(35)18-36(30(37)27-17-25(27)19-2-6-21(31)7-3-19)23-10-4-20-5-13-28(26(20)16-23)34-38-24-11-8-22(32)9-12-24/h2-4,6-12,14-16,25,27-28,34H,5,13,17-18H2,1H3/t25-,27+,28-/m1/s1. The molecule has 3 atom stereocenters. The molecule has 0 bridgehead atoms. The van der Waals surface area contributed by atoms with E-state index in [2.05, 4.69) is 27.9 Å². The minimum atomic E-state index is -0.239. The second-order valence-electron chi connectivity index (χ2n) is 10.0. The van der Waals surface area contributed by atoms with E-state index in [9.17, 15) is 9.18 Å². The van der Waals surface area contributed by atoms with E-state index in [1.807, 2.05) is 47.0 Å². The van der Waals surface area contributed by atoms with Crippen LogP contribution >= 0.6 is 23.5 Å². The minimum Gasteiger partial charge on any atom is -0.337 e. The molecular formula is C30H28ClFN4OS. The maximum Gasteiger partial charge on any atom is 0.231 e. The molecule has 1 fully saturated rings. The molecule has 0 aliphatic heterocycles. The molecular weight excluding hydrogens is 519 g/mol. The Morgan fingerprint density at radius 3 is 2.68 bits per heavy atom. The third-order valence-electron chi connectivity index (χ3n) is 7.54. The number of aromatic nitrogens is 2. The van der Waals surface area contributed by atoms with E-state index in [0.717, 1.165) is 41.2 Å². The van der Waals surface area contributed by atoms with Crippen molar-refractivity contribution in [2.24, 2.45) is 13.0 Å². The van der Waals surface area contributed by atoms with E-state index >= 15 is 0 Å². The van der Waals surface area contributed by atoms with Crippen LogP contribution in [0.25, 0.3) is 0 Å². The lowest BCUT2D eigenvalue weighted by Crippen LogP contribution is -2.33. The summed E-state index contributed by atoms with van der Waals surface area (Å²) in [5.74, 6) is 0.865. The molecule has 3 aromatic carbocycles. The molecule has 5 nitrogen and oxygen atoms in total. The minimum absolute atomic E-state index is 0.0624. The Labute approximate surface area is 231 Å². The lowest BCUT2D eigenvalue weighted by molar-refractivity contribution is -0.120. The number of hydrogen-bond acceptors (Lipinski definition) is 4. The maximum absolute atomic E-state index is 13.9. The number of halogens is 2. The quantitative estimate of drug-likeness (QED) is 0.246. The SMILES string of the molecule is Cn1ccnc1CN(C(=O)[C@H]1C[C@@H]1c1ccc(Cl)cc1)c1ccc2c(c1)[C@H](NSc1ccc(F)cc1)CC2. The Kier molecular flexibility index (Phi) is 6.99. The molecule has 1 heterocycles. The van der Waals surface area contributed by atoms with Crippen LogP contribution in [0.5, 0.6) is 0 Å². The molecule has 8 heteroatoms. The van der Waals surface area contributed by atoms with Crippen molar-refractivity contribution in [1.29, 1.82) is 0 Å². The average molecular weight is 547 g/mol. The molecule has 1 amide bonds. The van der Waals surface area contributed by atoms with Crippen molar-refractivity contribution in [3.8, 4) is 0 Å². The topological polar surface area (TPSA) is 50.2 Å². The highest BCUT2D eigenvalue weighted by molar-refractivity contribution is 7.97. The molecule has 2 aliphatic rings. The number of amides is 1. The first-order valence-corrected chi connectivity index (χ1v) is 14.0. The summed E-state index contributed by atoms with van der Waals surface area (Å²) in [5, 5.41) is 0.701. The number of nitrogens with zero attached hydrogens (tertiary/aromatic N) is 3. The second kappa shape index (κ2) is 10.6. The molecule has 194 valence electrons. The summed E-state index contributed by atoms with van der Waals surface area (Å²) in [5.41, 5.74) is 4.54. The summed E-state index contributed by atoms with van der Waals surface area (Å²) in [4.78, 5) is 21.3. The van der Waals surface area contributed by atoms with Gasteiger partial charge in [0.2, 0.25) is 5.91 Å². The van der Waals surface area contributed by atoms with Crippen LogP contribution in [0.3, 0.4) is 0 Å². The number of aryl methyl sites for hydroxylation is 2. The van der Waals surface area contributed by atoms with Gasteiger partial charge in [-0.1, -0.05) is 29.8 Å². The summed E-state index contributed by atoms with van der Waals surface area (Å²) in [6.45, 7) is 0.410. The van der Waals surface area contributed by atoms with Crippen LogP contribution in [0.4, 0.5) is 10.1 Å². The van der Waals surface area contributed by atoms with Gasteiger partial charge in [-0.15, -0.1) is 0 Å². The first kappa shape index (κ1) is 25.2. The van der Waals surface area contributed by atoms with Gasteiger partial charge < -0.3 is 9.47 Å². The maximum atomic E-state index is 13.9. The summed E-state index contributed by atoms with van der Waals surface area (Å²) < 4.78 is 18.8. The van der Waals surface area contributed by atoms with E-state index in [1.165, 1.54) is 35.2 Å². The van der Waals surface area contributed by atoms with Gasteiger partial charge in [-0.25, -0.2) is 9.37 Å². The molecule has 0 saturated heterocycles. The second-order valence-corrected chi connectivity index (χ2v) is 11.4. The summed E-state index contributed by atoms with van der Waals surface area (Å²) >= 11 is 7.59. The van der Waals surface area contributed by atoms with Gasteiger partial charge in [0, 0.05) is 47.0 Å². The summed E-state index contributed by atoms with van der Waals surface area (Å²) in [6, 6.07) is 20.8. The molecule has 1 saturated carbocycles. The van der Waals surface area contributed by atoms with Crippen molar-refractivity contribution < 1.29 is 9.18 Å². The van der Waals surface area contributed by atoms with Crippen LogP contribution in [0.15, 0.2) is 84.0 Å². The molecule has 38 heavy (non-hydrogen) atoms. The Balaban J connectivity index is 1.25. The first-order chi connectivity index (χ1) is 18.5. The molecule has 0 unspecified atom stereocenters. The van der Waals surface area contributed by atoms with Crippen LogP contribution in [0.2, 0.25) is 5.02 Å². The number of benzene rings is 3. The number of hydrogen-bond donors (Lipinski definition) is 1. The van der Waals surface area contributed by atoms with Gasteiger partial charge in [0.05, 0.1) is 6.54 Å². The largest absolute Gasteiger partial charge is 0.337 e. The van der Waals surface area contributed by atoms with E-state index in [4.69, 9.17) is 11.6 Å². The lowest BCUT2D eigenvalue weighted by Gasteiger charge is -2.24. The molecule has 4 aromatic rings. The molecule has 1 aromatic heterocycles. The monoisotopic (exact) mass is 546 g/mol. The third kappa shape index (κ3) is 5.23. The highest BCUT2D eigenvalue weighted by Gasteiger charge is 2.46. The smallest absolute Gasteiger partial charge is 0.231 e. The predicted octanol–water partition coefficient (Wildman–Crippen LogP) is 6.83.